The van der Waals surface area contributed by atoms with E-state index >= 15 is 0 Å². The summed E-state index contributed by atoms with van der Waals surface area (Å²) < 4.78 is 10.6. The fraction of sp³-hybridized carbons (Fsp3) is 0.263. The molecule has 130 valence electrons. The van der Waals surface area contributed by atoms with Crippen molar-refractivity contribution < 1.29 is 24.2 Å². The van der Waals surface area contributed by atoms with Gasteiger partial charge in [-0.3, -0.25) is 4.79 Å². The number of aromatic carboxylic acids is 1. The van der Waals surface area contributed by atoms with Gasteiger partial charge in [-0.1, -0.05) is 12.1 Å². The number of rotatable bonds is 5. The standard InChI is InChI=1S/C19H19NO5/c1-24-17-10-14(19(22)23)5-6-16(17)20-18(21)13-4-2-3-12(9-13)15-7-8-25-11-15/h2-6,9-10,15H,7-8,11H2,1H3,(H,20,21)(H,22,23). The molecule has 1 atom stereocenters. The number of carboxylic acid groups (broad SMARTS) is 1. The van der Waals surface area contributed by atoms with Gasteiger partial charge in [-0.15, -0.1) is 0 Å². The molecule has 0 aliphatic carbocycles. The molecule has 2 aromatic rings. The minimum Gasteiger partial charge on any atom is -0.495 e. The fourth-order valence-corrected chi connectivity index (χ4v) is 2.85. The summed E-state index contributed by atoms with van der Waals surface area (Å²) in [4.78, 5) is 23.6. The maximum Gasteiger partial charge on any atom is 0.335 e. The van der Waals surface area contributed by atoms with Crippen LogP contribution in [-0.2, 0) is 4.74 Å². The van der Waals surface area contributed by atoms with E-state index < -0.39 is 5.97 Å². The molecule has 1 unspecified atom stereocenters. The summed E-state index contributed by atoms with van der Waals surface area (Å²) in [5.41, 5.74) is 2.14. The Morgan fingerprint density at radius 1 is 1.20 bits per heavy atom. The number of amides is 1. The van der Waals surface area contributed by atoms with Gasteiger partial charge in [-0.25, -0.2) is 4.79 Å². The van der Waals surface area contributed by atoms with Gasteiger partial charge in [0.15, 0.2) is 0 Å². The lowest BCUT2D eigenvalue weighted by atomic mass is 9.96. The van der Waals surface area contributed by atoms with E-state index in [4.69, 9.17) is 14.6 Å². The van der Waals surface area contributed by atoms with Gasteiger partial charge in [0.05, 0.1) is 25.0 Å². The lowest BCUT2D eigenvalue weighted by Crippen LogP contribution is -2.13. The number of ether oxygens (including phenoxy) is 2. The number of carbonyl (C=O) groups is 2. The quantitative estimate of drug-likeness (QED) is 0.873. The Hall–Kier alpha value is -2.86. The van der Waals surface area contributed by atoms with E-state index in [0.717, 1.165) is 18.6 Å². The topological polar surface area (TPSA) is 84.9 Å². The van der Waals surface area contributed by atoms with Crippen LogP contribution < -0.4 is 10.1 Å². The van der Waals surface area contributed by atoms with Crippen molar-refractivity contribution in [3.8, 4) is 5.75 Å². The van der Waals surface area contributed by atoms with Gasteiger partial charge in [-0.2, -0.15) is 0 Å². The third-order valence-electron chi connectivity index (χ3n) is 4.25. The Labute approximate surface area is 145 Å². The maximum absolute atomic E-state index is 12.6. The summed E-state index contributed by atoms with van der Waals surface area (Å²) in [5.74, 6) is -0.712. The molecule has 0 bridgehead atoms. The molecule has 25 heavy (non-hydrogen) atoms. The Morgan fingerprint density at radius 3 is 2.72 bits per heavy atom. The van der Waals surface area contributed by atoms with E-state index in [1.807, 2.05) is 18.2 Å². The number of carbonyl (C=O) groups excluding carboxylic acids is 1. The van der Waals surface area contributed by atoms with Crippen molar-refractivity contribution in [1.29, 1.82) is 0 Å². The van der Waals surface area contributed by atoms with Crippen molar-refractivity contribution in [1.82, 2.24) is 0 Å². The third kappa shape index (κ3) is 3.80. The molecular weight excluding hydrogens is 322 g/mol. The molecular formula is C19H19NO5. The number of benzene rings is 2. The lowest BCUT2D eigenvalue weighted by Gasteiger charge is -2.13. The second kappa shape index (κ2) is 7.36. The number of anilines is 1. The van der Waals surface area contributed by atoms with Crippen LogP contribution in [0.4, 0.5) is 5.69 Å². The summed E-state index contributed by atoms with van der Waals surface area (Å²) in [6.45, 7) is 1.42. The second-order valence-corrected chi connectivity index (χ2v) is 5.86. The Kier molecular flexibility index (Phi) is 5.00. The molecule has 1 aliphatic rings. The predicted octanol–water partition coefficient (Wildman–Crippen LogP) is 3.15. The van der Waals surface area contributed by atoms with Crippen LogP contribution >= 0.6 is 0 Å². The average molecular weight is 341 g/mol. The number of methoxy groups -OCH3 is 1. The van der Waals surface area contributed by atoms with Gasteiger partial charge >= 0.3 is 5.97 Å². The number of hydrogen-bond donors (Lipinski definition) is 2. The largest absolute Gasteiger partial charge is 0.495 e. The molecule has 3 rings (SSSR count). The van der Waals surface area contributed by atoms with Crippen LogP contribution in [0.1, 0.15) is 38.6 Å². The zero-order valence-electron chi connectivity index (χ0n) is 13.8. The predicted molar refractivity (Wildman–Crippen MR) is 92.5 cm³/mol. The van der Waals surface area contributed by atoms with Crippen LogP contribution in [0.5, 0.6) is 5.75 Å². The molecule has 1 fully saturated rings. The van der Waals surface area contributed by atoms with E-state index in [9.17, 15) is 9.59 Å². The van der Waals surface area contributed by atoms with E-state index in [2.05, 4.69) is 5.32 Å². The van der Waals surface area contributed by atoms with Gasteiger partial charge in [0.1, 0.15) is 5.75 Å². The average Bonchev–Trinajstić information content (AvgIpc) is 3.16. The number of carboxylic acids is 1. The molecule has 6 heteroatoms. The Balaban J connectivity index is 1.80. The first-order chi connectivity index (χ1) is 12.1. The molecule has 2 aromatic carbocycles. The van der Waals surface area contributed by atoms with E-state index in [-0.39, 0.29) is 11.5 Å². The minimum absolute atomic E-state index is 0.0954. The first-order valence-corrected chi connectivity index (χ1v) is 7.99. The van der Waals surface area contributed by atoms with Crippen molar-refractivity contribution >= 4 is 17.6 Å². The first kappa shape index (κ1) is 17.0. The third-order valence-corrected chi connectivity index (χ3v) is 4.25. The van der Waals surface area contributed by atoms with E-state index in [1.165, 1.54) is 25.3 Å². The molecule has 6 nitrogen and oxygen atoms in total. The monoisotopic (exact) mass is 341 g/mol. The highest BCUT2D eigenvalue weighted by Crippen LogP contribution is 2.28. The van der Waals surface area contributed by atoms with Gasteiger partial charge in [0, 0.05) is 18.1 Å². The molecule has 0 radical (unpaired) electrons. The molecule has 1 amide bonds. The molecule has 1 aliphatic heterocycles. The number of hydrogen-bond acceptors (Lipinski definition) is 4. The molecule has 0 aromatic heterocycles. The molecule has 1 saturated heterocycles. The van der Waals surface area contributed by atoms with Gasteiger partial charge < -0.3 is 19.9 Å². The van der Waals surface area contributed by atoms with Crippen LogP contribution in [0.3, 0.4) is 0 Å². The summed E-state index contributed by atoms with van der Waals surface area (Å²) >= 11 is 0. The smallest absolute Gasteiger partial charge is 0.335 e. The highest BCUT2D eigenvalue weighted by Gasteiger charge is 2.19. The maximum atomic E-state index is 12.6. The summed E-state index contributed by atoms with van der Waals surface area (Å²) in [6.07, 6.45) is 0.954. The summed E-state index contributed by atoms with van der Waals surface area (Å²) in [6, 6.07) is 11.8. The SMILES string of the molecule is COc1cc(C(=O)O)ccc1NC(=O)c1cccc(C2CCOC2)c1. The molecule has 1 heterocycles. The van der Waals surface area contributed by atoms with Crippen LogP contribution in [0, 0.1) is 0 Å². The van der Waals surface area contributed by atoms with Crippen LogP contribution in [0.2, 0.25) is 0 Å². The Morgan fingerprint density at radius 2 is 2.04 bits per heavy atom. The van der Waals surface area contributed by atoms with Crippen molar-refractivity contribution in [3.05, 3.63) is 59.2 Å². The molecule has 0 spiro atoms. The highest BCUT2D eigenvalue weighted by atomic mass is 16.5. The van der Waals surface area contributed by atoms with Crippen molar-refractivity contribution in [3.63, 3.8) is 0 Å². The van der Waals surface area contributed by atoms with Crippen LogP contribution in [0.25, 0.3) is 0 Å². The first-order valence-electron chi connectivity index (χ1n) is 7.99. The van der Waals surface area contributed by atoms with Gasteiger partial charge in [0.25, 0.3) is 5.91 Å². The summed E-state index contributed by atoms with van der Waals surface area (Å²) in [5, 5.41) is 11.8. The summed E-state index contributed by atoms with van der Waals surface area (Å²) in [7, 11) is 1.43. The van der Waals surface area contributed by atoms with E-state index in [1.54, 1.807) is 6.07 Å². The van der Waals surface area contributed by atoms with Crippen molar-refractivity contribution in [2.24, 2.45) is 0 Å². The van der Waals surface area contributed by atoms with Crippen LogP contribution in [0.15, 0.2) is 42.5 Å². The van der Waals surface area contributed by atoms with Gasteiger partial charge in [-0.05, 0) is 42.3 Å². The fourth-order valence-electron chi connectivity index (χ4n) is 2.85. The van der Waals surface area contributed by atoms with Crippen molar-refractivity contribution in [2.45, 2.75) is 12.3 Å². The van der Waals surface area contributed by atoms with Crippen molar-refractivity contribution in [2.75, 3.05) is 25.6 Å². The minimum atomic E-state index is -1.05. The second-order valence-electron chi connectivity index (χ2n) is 5.86. The normalized spacial score (nSPS) is 16.4. The van der Waals surface area contributed by atoms with E-state index in [0.29, 0.717) is 29.5 Å². The molecule has 2 N–H and O–H groups in total. The number of nitrogens with one attached hydrogen (secondary N) is 1. The zero-order chi connectivity index (χ0) is 17.8. The molecule has 0 saturated carbocycles. The zero-order valence-corrected chi connectivity index (χ0v) is 13.8. The highest BCUT2D eigenvalue weighted by molar-refractivity contribution is 6.05. The van der Waals surface area contributed by atoms with Gasteiger partial charge in [0.2, 0.25) is 0 Å². The Bertz CT molecular complexity index is 796. The lowest BCUT2D eigenvalue weighted by molar-refractivity contribution is 0.0696. The van der Waals surface area contributed by atoms with Crippen LogP contribution in [-0.4, -0.2) is 37.3 Å².